The third-order valence-corrected chi connectivity index (χ3v) is 5.83. The predicted octanol–water partition coefficient (Wildman–Crippen LogP) is 7.99. The van der Waals surface area contributed by atoms with Crippen molar-refractivity contribution in [3.05, 3.63) is 47.4 Å². The lowest BCUT2D eigenvalue weighted by molar-refractivity contribution is 0.225. The second-order valence-electron chi connectivity index (χ2n) is 8.77. The third kappa shape index (κ3) is 9.51. The number of anilines is 1. The van der Waals surface area contributed by atoms with Crippen LogP contribution in [0.15, 0.2) is 42.5 Å². The average Bonchev–Trinajstić information content (AvgIpc) is 2.86. The van der Waals surface area contributed by atoms with Crippen molar-refractivity contribution in [1.82, 2.24) is 0 Å². The van der Waals surface area contributed by atoms with Crippen molar-refractivity contribution >= 4 is 11.4 Å². The first-order chi connectivity index (χ1) is 16.6. The number of ether oxygens (including phenoxy) is 3. The lowest BCUT2D eigenvalue weighted by atomic mass is 10.1. The van der Waals surface area contributed by atoms with Gasteiger partial charge in [-0.05, 0) is 50.1 Å². The van der Waals surface area contributed by atoms with Crippen LogP contribution in [0.5, 0.6) is 17.2 Å². The molecule has 0 bridgehead atoms. The molecule has 0 aliphatic rings. The van der Waals surface area contributed by atoms with Gasteiger partial charge in [0, 0.05) is 24.4 Å². The largest absolute Gasteiger partial charge is 0.497 e. The second-order valence-corrected chi connectivity index (χ2v) is 8.77. The lowest BCUT2D eigenvalue weighted by Gasteiger charge is -2.28. The van der Waals surface area contributed by atoms with Gasteiger partial charge in [-0.1, -0.05) is 52.4 Å². The van der Waals surface area contributed by atoms with Gasteiger partial charge in [0.1, 0.15) is 17.6 Å². The molecule has 0 aromatic heterocycles. The summed E-state index contributed by atoms with van der Waals surface area (Å²) >= 11 is 0. The monoisotopic (exact) mass is 468 g/mol. The normalized spacial score (nSPS) is 11.5. The standard InChI is InChI=1S/C28H42N3O3/c1-5-7-9-11-19-31(22-23(3)34-26-16-14-25(32-4)15-17-26)24-13-18-27(30-29)28(21-24)33-20-12-10-8-6-2/h13-18,21,23H,5-12,19-20,22H2,1-4H3/q+1. The zero-order valence-electron chi connectivity index (χ0n) is 21.5. The van der Waals surface area contributed by atoms with Gasteiger partial charge < -0.3 is 19.1 Å². The van der Waals surface area contributed by atoms with Crippen molar-refractivity contribution in [3.8, 4) is 17.2 Å². The minimum atomic E-state index is -0.0137. The number of rotatable bonds is 17. The van der Waals surface area contributed by atoms with Gasteiger partial charge in [-0.2, -0.15) is 0 Å². The van der Waals surface area contributed by atoms with Crippen LogP contribution in [0.2, 0.25) is 0 Å². The Kier molecular flexibility index (Phi) is 12.7. The van der Waals surface area contributed by atoms with E-state index in [1.165, 1.54) is 32.1 Å². The average molecular weight is 469 g/mol. The van der Waals surface area contributed by atoms with Crippen molar-refractivity contribution in [2.24, 2.45) is 0 Å². The molecule has 0 amide bonds. The van der Waals surface area contributed by atoms with Gasteiger partial charge in [-0.25, -0.2) is 0 Å². The first-order valence-electron chi connectivity index (χ1n) is 12.8. The number of methoxy groups -OCH3 is 1. The number of hydrogen-bond donors (Lipinski definition) is 0. The molecule has 0 radical (unpaired) electrons. The molecule has 2 rings (SSSR count). The van der Waals surface area contributed by atoms with Gasteiger partial charge in [0.15, 0.2) is 4.98 Å². The molecule has 0 heterocycles. The van der Waals surface area contributed by atoms with Crippen molar-refractivity contribution in [1.29, 1.82) is 5.39 Å². The molecule has 0 fully saturated rings. The molecule has 2 aromatic carbocycles. The van der Waals surface area contributed by atoms with Crippen molar-refractivity contribution in [2.45, 2.75) is 78.2 Å². The summed E-state index contributed by atoms with van der Waals surface area (Å²) < 4.78 is 17.4. The highest BCUT2D eigenvalue weighted by Gasteiger charge is 2.20. The Bertz CT molecular complexity index is 864. The van der Waals surface area contributed by atoms with E-state index in [2.05, 4.69) is 30.6 Å². The second kappa shape index (κ2) is 15.8. The Balaban J connectivity index is 2.10. The van der Waals surface area contributed by atoms with Crippen molar-refractivity contribution in [3.63, 3.8) is 0 Å². The molecule has 0 N–H and O–H groups in total. The number of unbranched alkanes of at least 4 members (excludes halogenated alkanes) is 6. The van der Waals surface area contributed by atoms with Gasteiger partial charge in [0.25, 0.3) is 0 Å². The first kappa shape index (κ1) is 27.3. The van der Waals surface area contributed by atoms with Crippen LogP contribution in [-0.2, 0) is 0 Å². The fraction of sp³-hybridized carbons (Fsp3) is 0.571. The van der Waals surface area contributed by atoms with E-state index in [4.69, 9.17) is 14.2 Å². The number of diazo groups is 1. The lowest BCUT2D eigenvalue weighted by Crippen LogP contribution is -2.34. The molecule has 1 unspecified atom stereocenters. The zero-order valence-corrected chi connectivity index (χ0v) is 21.5. The number of benzene rings is 2. The summed E-state index contributed by atoms with van der Waals surface area (Å²) in [7, 11) is 1.66. The Morgan fingerprint density at radius 2 is 1.56 bits per heavy atom. The summed E-state index contributed by atoms with van der Waals surface area (Å²) in [6, 6.07) is 13.5. The molecule has 0 aliphatic carbocycles. The van der Waals surface area contributed by atoms with Crippen LogP contribution in [0.3, 0.4) is 0 Å². The molecule has 0 aliphatic heterocycles. The highest BCUT2D eigenvalue weighted by Crippen LogP contribution is 2.33. The van der Waals surface area contributed by atoms with E-state index in [-0.39, 0.29) is 6.10 Å². The van der Waals surface area contributed by atoms with Crippen molar-refractivity contribution < 1.29 is 14.2 Å². The molecule has 6 nitrogen and oxygen atoms in total. The Morgan fingerprint density at radius 1 is 0.882 bits per heavy atom. The van der Waals surface area contributed by atoms with Crippen LogP contribution < -0.4 is 19.1 Å². The molecule has 1 atom stereocenters. The maximum atomic E-state index is 9.44. The number of hydrogen-bond acceptors (Lipinski definition) is 5. The first-order valence-corrected chi connectivity index (χ1v) is 12.8. The summed E-state index contributed by atoms with van der Waals surface area (Å²) in [5.41, 5.74) is 1.52. The van der Waals surface area contributed by atoms with Crippen LogP contribution in [-0.4, -0.2) is 32.9 Å². The third-order valence-electron chi connectivity index (χ3n) is 5.83. The Morgan fingerprint density at radius 3 is 2.21 bits per heavy atom. The van der Waals surface area contributed by atoms with Crippen LogP contribution >= 0.6 is 0 Å². The zero-order chi connectivity index (χ0) is 24.6. The molecule has 186 valence electrons. The molecular formula is C28H42N3O3+. The van der Waals surface area contributed by atoms with Gasteiger partial charge in [-0.15, -0.1) is 0 Å². The van der Waals surface area contributed by atoms with Crippen LogP contribution in [0.4, 0.5) is 11.4 Å². The Hall–Kier alpha value is -2.94. The molecule has 6 heteroatoms. The van der Waals surface area contributed by atoms with E-state index in [9.17, 15) is 5.39 Å². The van der Waals surface area contributed by atoms with Crippen LogP contribution in [0.25, 0.3) is 4.98 Å². The fourth-order valence-electron chi connectivity index (χ4n) is 3.90. The van der Waals surface area contributed by atoms with E-state index >= 15 is 0 Å². The maximum absolute atomic E-state index is 9.44. The van der Waals surface area contributed by atoms with Gasteiger partial charge in [0.05, 0.1) is 20.3 Å². The van der Waals surface area contributed by atoms with Gasteiger partial charge in [-0.3, -0.25) is 0 Å². The molecular weight excluding hydrogens is 426 g/mol. The van der Waals surface area contributed by atoms with E-state index in [1.54, 1.807) is 7.11 Å². The summed E-state index contributed by atoms with van der Waals surface area (Å²) in [6.07, 6.45) is 9.28. The highest BCUT2D eigenvalue weighted by molar-refractivity contribution is 5.65. The minimum absolute atomic E-state index is 0.0137. The SMILES string of the molecule is CCCCCCOc1cc(N(CCCCCC)CC(C)Oc2ccc(OC)cc2)ccc1[N+]#N. The molecule has 0 saturated carbocycles. The quantitative estimate of drug-likeness (QED) is 0.174. The van der Waals surface area contributed by atoms with Crippen LogP contribution in [0.1, 0.15) is 72.1 Å². The van der Waals surface area contributed by atoms with Gasteiger partial charge in [0.2, 0.25) is 11.1 Å². The fourth-order valence-corrected chi connectivity index (χ4v) is 3.90. The molecule has 0 spiro atoms. The smallest absolute Gasteiger partial charge is 0.426 e. The minimum Gasteiger partial charge on any atom is -0.497 e. The number of nitrogens with zero attached hydrogens (tertiary/aromatic N) is 3. The summed E-state index contributed by atoms with van der Waals surface area (Å²) in [4.78, 5) is 5.77. The summed E-state index contributed by atoms with van der Waals surface area (Å²) in [5, 5.41) is 9.44. The highest BCUT2D eigenvalue weighted by atomic mass is 16.5. The molecule has 34 heavy (non-hydrogen) atoms. The van der Waals surface area contributed by atoms with E-state index in [0.29, 0.717) is 18.0 Å². The van der Waals surface area contributed by atoms with Crippen molar-refractivity contribution in [2.75, 3.05) is 31.7 Å². The Labute approximate surface area is 205 Å². The predicted molar refractivity (Wildman–Crippen MR) is 140 cm³/mol. The summed E-state index contributed by atoms with van der Waals surface area (Å²) in [6.45, 7) is 8.81. The van der Waals surface area contributed by atoms with Crippen LogP contribution in [0, 0.1) is 5.39 Å². The van der Waals surface area contributed by atoms with E-state index in [0.717, 1.165) is 49.5 Å². The topological polar surface area (TPSA) is 59.1 Å². The molecule has 0 saturated heterocycles. The van der Waals surface area contributed by atoms with E-state index < -0.39 is 0 Å². The summed E-state index contributed by atoms with van der Waals surface area (Å²) in [5.74, 6) is 2.26. The maximum Gasteiger partial charge on any atom is 0.426 e. The molecule has 2 aromatic rings. The van der Waals surface area contributed by atoms with Gasteiger partial charge >= 0.3 is 5.69 Å². The van der Waals surface area contributed by atoms with E-state index in [1.807, 2.05) is 42.5 Å².